The minimum atomic E-state index is -0.906. The molecule has 0 aliphatic carbocycles. The van der Waals surface area contributed by atoms with Gasteiger partial charge >= 0.3 is 5.97 Å². The van der Waals surface area contributed by atoms with Gasteiger partial charge in [0.2, 0.25) is 0 Å². The van der Waals surface area contributed by atoms with Crippen LogP contribution in [-0.2, 0) is 4.79 Å². The summed E-state index contributed by atoms with van der Waals surface area (Å²) in [6, 6.07) is 15.5. The Kier molecular flexibility index (Phi) is 5.66. The Morgan fingerprint density at radius 3 is 2.32 bits per heavy atom. The molecule has 0 spiro atoms. The van der Waals surface area contributed by atoms with Gasteiger partial charge in [-0.25, -0.2) is 4.98 Å². The third-order valence-corrected chi connectivity index (χ3v) is 5.34. The second-order valence-electron chi connectivity index (χ2n) is 5.28. The van der Waals surface area contributed by atoms with E-state index in [1.807, 2.05) is 48.5 Å². The first-order valence-electron chi connectivity index (χ1n) is 7.36. The van der Waals surface area contributed by atoms with E-state index in [1.165, 1.54) is 0 Å². The molecule has 0 radical (unpaired) electrons. The minimum Gasteiger partial charge on any atom is -0.480 e. The number of hydrogen-bond donors (Lipinski definition) is 1. The number of rotatable bonds is 5. The van der Waals surface area contributed by atoms with Crippen LogP contribution in [0, 0.1) is 0 Å². The number of aliphatic carboxylic acids is 1. The van der Waals surface area contributed by atoms with Gasteiger partial charge in [-0.1, -0.05) is 67.9 Å². The van der Waals surface area contributed by atoms with Crippen LogP contribution in [0.25, 0.3) is 22.6 Å². The van der Waals surface area contributed by atoms with Gasteiger partial charge in [0.1, 0.15) is 10.9 Å². The SMILES string of the molecule is CC(Sc1nc(-c2cccc(Br)c2)c(-c2cccc(Br)c2)o1)C(=O)O. The topological polar surface area (TPSA) is 63.3 Å². The Morgan fingerprint density at radius 1 is 1.12 bits per heavy atom. The molecule has 2 aromatic carbocycles. The molecule has 1 N–H and O–H groups in total. The highest BCUT2D eigenvalue weighted by atomic mass is 79.9. The smallest absolute Gasteiger partial charge is 0.316 e. The number of nitrogens with zero attached hydrogens (tertiary/aromatic N) is 1. The summed E-state index contributed by atoms with van der Waals surface area (Å²) >= 11 is 8.02. The van der Waals surface area contributed by atoms with Crippen molar-refractivity contribution in [2.45, 2.75) is 17.4 Å². The molecule has 4 nitrogen and oxygen atoms in total. The zero-order valence-electron chi connectivity index (χ0n) is 13.1. The monoisotopic (exact) mass is 481 g/mol. The standard InChI is InChI=1S/C18H13Br2NO3S/c1-10(17(22)23)25-18-21-15(11-4-2-6-13(19)8-11)16(24-18)12-5-3-7-14(20)9-12/h2-10H,1H3,(H,22,23). The largest absolute Gasteiger partial charge is 0.480 e. The van der Waals surface area contributed by atoms with Crippen molar-refractivity contribution >= 4 is 49.6 Å². The van der Waals surface area contributed by atoms with E-state index in [0.29, 0.717) is 16.7 Å². The summed E-state index contributed by atoms with van der Waals surface area (Å²) in [5.41, 5.74) is 2.44. The number of thioether (sulfide) groups is 1. The summed E-state index contributed by atoms with van der Waals surface area (Å²) in [6.45, 7) is 1.61. The van der Waals surface area contributed by atoms with E-state index in [-0.39, 0.29) is 0 Å². The van der Waals surface area contributed by atoms with E-state index in [1.54, 1.807) is 6.92 Å². The van der Waals surface area contributed by atoms with Crippen LogP contribution in [0.3, 0.4) is 0 Å². The van der Waals surface area contributed by atoms with Crippen LogP contribution in [0.4, 0.5) is 0 Å². The van der Waals surface area contributed by atoms with E-state index >= 15 is 0 Å². The summed E-state index contributed by atoms with van der Waals surface area (Å²) < 4.78 is 7.78. The van der Waals surface area contributed by atoms with E-state index in [4.69, 9.17) is 9.52 Å². The molecule has 0 bridgehead atoms. The van der Waals surface area contributed by atoms with Crippen molar-refractivity contribution < 1.29 is 14.3 Å². The molecule has 0 amide bonds. The first-order chi connectivity index (χ1) is 11.9. The predicted molar refractivity (Wildman–Crippen MR) is 106 cm³/mol. The van der Waals surface area contributed by atoms with Crippen molar-refractivity contribution in [2.24, 2.45) is 0 Å². The van der Waals surface area contributed by atoms with Crippen molar-refractivity contribution in [3.8, 4) is 22.6 Å². The number of carboxylic acid groups (broad SMARTS) is 1. The van der Waals surface area contributed by atoms with Crippen LogP contribution in [0.15, 0.2) is 67.1 Å². The Morgan fingerprint density at radius 2 is 1.72 bits per heavy atom. The molecule has 0 aliphatic heterocycles. The fourth-order valence-corrected chi connectivity index (χ4v) is 3.69. The molecule has 3 aromatic rings. The molecule has 1 atom stereocenters. The molecule has 1 aromatic heterocycles. The van der Waals surface area contributed by atoms with E-state index < -0.39 is 11.2 Å². The van der Waals surface area contributed by atoms with Gasteiger partial charge in [-0.3, -0.25) is 4.79 Å². The molecule has 0 saturated heterocycles. The number of carboxylic acids is 1. The molecular formula is C18H13Br2NO3S. The highest BCUT2D eigenvalue weighted by Crippen LogP contribution is 2.38. The van der Waals surface area contributed by atoms with Gasteiger partial charge in [-0.15, -0.1) is 0 Å². The second-order valence-corrected chi connectivity index (χ2v) is 8.40. The number of hydrogen-bond acceptors (Lipinski definition) is 4. The molecule has 0 saturated carbocycles. The number of aromatic nitrogens is 1. The van der Waals surface area contributed by atoms with Crippen molar-refractivity contribution in [3.63, 3.8) is 0 Å². The Labute approximate surface area is 165 Å². The van der Waals surface area contributed by atoms with Crippen molar-refractivity contribution in [1.29, 1.82) is 0 Å². The molecule has 3 rings (SSSR count). The van der Waals surface area contributed by atoms with Crippen LogP contribution >= 0.6 is 43.6 Å². The summed E-state index contributed by atoms with van der Waals surface area (Å²) in [4.78, 5) is 15.7. The highest BCUT2D eigenvalue weighted by Gasteiger charge is 2.21. The van der Waals surface area contributed by atoms with Crippen LogP contribution < -0.4 is 0 Å². The van der Waals surface area contributed by atoms with Crippen LogP contribution in [0.1, 0.15) is 6.92 Å². The lowest BCUT2D eigenvalue weighted by Gasteiger charge is -2.03. The Bertz CT molecular complexity index is 863. The summed E-state index contributed by atoms with van der Waals surface area (Å²) in [7, 11) is 0. The van der Waals surface area contributed by atoms with Gasteiger partial charge in [0, 0.05) is 20.1 Å². The summed E-state index contributed by atoms with van der Waals surface area (Å²) in [5.74, 6) is -0.296. The number of halogens is 2. The third-order valence-electron chi connectivity index (χ3n) is 3.42. The maximum absolute atomic E-state index is 11.1. The maximum atomic E-state index is 11.1. The molecule has 128 valence electrons. The fourth-order valence-electron chi connectivity index (χ4n) is 2.21. The maximum Gasteiger partial charge on any atom is 0.316 e. The third kappa shape index (κ3) is 4.34. The first-order valence-corrected chi connectivity index (χ1v) is 9.83. The fraction of sp³-hybridized carbons (Fsp3) is 0.111. The van der Waals surface area contributed by atoms with Gasteiger partial charge in [0.05, 0.1) is 0 Å². The van der Waals surface area contributed by atoms with Gasteiger partial charge in [0.15, 0.2) is 5.76 Å². The summed E-state index contributed by atoms with van der Waals surface area (Å²) in [6.07, 6.45) is 0. The Hall–Kier alpha value is -1.57. The number of benzene rings is 2. The van der Waals surface area contributed by atoms with Crippen LogP contribution in [0.5, 0.6) is 0 Å². The number of oxazole rings is 1. The molecule has 7 heteroatoms. The van der Waals surface area contributed by atoms with Crippen molar-refractivity contribution in [3.05, 3.63) is 57.5 Å². The normalized spacial score (nSPS) is 12.1. The average Bonchev–Trinajstić information content (AvgIpc) is 2.98. The van der Waals surface area contributed by atoms with Gasteiger partial charge in [-0.2, -0.15) is 0 Å². The zero-order chi connectivity index (χ0) is 18.0. The van der Waals surface area contributed by atoms with E-state index in [2.05, 4.69) is 36.8 Å². The number of carbonyl (C=O) groups is 1. The second kappa shape index (κ2) is 7.76. The average molecular weight is 483 g/mol. The van der Waals surface area contributed by atoms with Crippen LogP contribution in [-0.4, -0.2) is 21.3 Å². The molecule has 1 heterocycles. The lowest BCUT2D eigenvalue weighted by molar-refractivity contribution is -0.136. The van der Waals surface area contributed by atoms with Crippen LogP contribution in [0.2, 0.25) is 0 Å². The molecule has 1 unspecified atom stereocenters. The zero-order valence-corrected chi connectivity index (χ0v) is 17.1. The first kappa shape index (κ1) is 18.2. The quantitative estimate of drug-likeness (QED) is 0.445. The molecular weight excluding hydrogens is 470 g/mol. The van der Waals surface area contributed by atoms with Gasteiger partial charge in [0.25, 0.3) is 5.22 Å². The Balaban J connectivity index is 2.11. The lowest BCUT2D eigenvalue weighted by Crippen LogP contribution is -2.10. The predicted octanol–water partition coefficient (Wildman–Crippen LogP) is 6.10. The van der Waals surface area contributed by atoms with Gasteiger partial charge in [-0.05, 0) is 31.2 Å². The van der Waals surface area contributed by atoms with Crippen molar-refractivity contribution in [1.82, 2.24) is 4.98 Å². The minimum absolute atomic E-state index is 0.333. The molecule has 25 heavy (non-hydrogen) atoms. The highest BCUT2D eigenvalue weighted by molar-refractivity contribution is 9.10. The molecule has 0 aliphatic rings. The summed E-state index contributed by atoms with van der Waals surface area (Å²) in [5, 5.41) is 8.81. The molecule has 0 fully saturated rings. The lowest BCUT2D eigenvalue weighted by atomic mass is 10.1. The van der Waals surface area contributed by atoms with Crippen molar-refractivity contribution in [2.75, 3.05) is 0 Å². The van der Waals surface area contributed by atoms with E-state index in [0.717, 1.165) is 31.8 Å². The van der Waals surface area contributed by atoms with E-state index in [9.17, 15) is 4.79 Å². The van der Waals surface area contributed by atoms with Gasteiger partial charge < -0.3 is 9.52 Å².